The number of nitrogens with one attached hydrogen (secondary N) is 2. The van der Waals surface area contributed by atoms with Gasteiger partial charge in [0.15, 0.2) is 17.5 Å². The summed E-state index contributed by atoms with van der Waals surface area (Å²) in [5.41, 5.74) is 2.09. The van der Waals surface area contributed by atoms with Gasteiger partial charge in [0.1, 0.15) is 12.5 Å². The van der Waals surface area contributed by atoms with Gasteiger partial charge in [0, 0.05) is 48.2 Å². The zero-order chi connectivity index (χ0) is 22.4. The van der Waals surface area contributed by atoms with Gasteiger partial charge in [-0.3, -0.25) is 15.2 Å². The maximum Gasteiger partial charge on any atom is 0.329 e. The number of hydrogen-bond acceptors (Lipinski definition) is 5. The number of hydrogen-bond donors (Lipinski definition) is 2. The third-order valence-corrected chi connectivity index (χ3v) is 6.51. The van der Waals surface area contributed by atoms with Crippen LogP contribution in [0.4, 0.5) is 19.3 Å². The van der Waals surface area contributed by atoms with E-state index in [0.29, 0.717) is 29.5 Å². The van der Waals surface area contributed by atoms with E-state index < -0.39 is 11.6 Å². The van der Waals surface area contributed by atoms with Gasteiger partial charge in [0.05, 0.1) is 0 Å². The van der Waals surface area contributed by atoms with Crippen molar-refractivity contribution >= 4 is 17.6 Å². The fraction of sp³-hybridized carbons (Fsp3) is 0.348. The summed E-state index contributed by atoms with van der Waals surface area (Å²) in [5.74, 6) is -0.266. The molecular formula is C23H24F2N6O. The molecule has 166 valence electrons. The van der Waals surface area contributed by atoms with Crippen LogP contribution in [-0.4, -0.2) is 41.5 Å². The monoisotopic (exact) mass is 438 g/mol. The Kier molecular flexibility index (Phi) is 5.13. The molecule has 1 fully saturated rings. The summed E-state index contributed by atoms with van der Waals surface area (Å²) in [7, 11) is 0. The second-order valence-corrected chi connectivity index (χ2v) is 8.48. The molecule has 2 N–H and O–H groups in total. The molecule has 0 aliphatic carbocycles. The van der Waals surface area contributed by atoms with E-state index in [0.717, 1.165) is 24.4 Å². The number of urea groups is 1. The predicted octanol–water partition coefficient (Wildman–Crippen LogP) is 3.31. The summed E-state index contributed by atoms with van der Waals surface area (Å²) in [4.78, 5) is 25.3. The first-order valence-electron chi connectivity index (χ1n) is 10.6. The number of rotatable bonds is 4. The predicted molar refractivity (Wildman–Crippen MR) is 117 cm³/mol. The number of amidine groups is 1. The summed E-state index contributed by atoms with van der Waals surface area (Å²) >= 11 is 0. The van der Waals surface area contributed by atoms with Crippen LogP contribution in [0.3, 0.4) is 0 Å². The largest absolute Gasteiger partial charge is 0.329 e. The van der Waals surface area contributed by atoms with Crippen LogP contribution in [0.5, 0.6) is 0 Å². The molecule has 3 aliphatic rings. The topological polar surface area (TPSA) is 72.9 Å². The van der Waals surface area contributed by atoms with Crippen LogP contribution in [0.2, 0.25) is 0 Å². The summed E-state index contributed by atoms with van der Waals surface area (Å²) in [6, 6.07) is 7.92. The van der Waals surface area contributed by atoms with Crippen molar-refractivity contribution in [2.45, 2.75) is 19.8 Å². The SMILES string of the molecule is Cc1cc(F)c(F)cc1N1C=C2N=C(C3CNCC3C(C)c3ccccn3)NC(=O)N2C1. The number of pyridine rings is 1. The van der Waals surface area contributed by atoms with E-state index in [4.69, 9.17) is 4.99 Å². The summed E-state index contributed by atoms with van der Waals surface area (Å²) in [6.45, 7) is 5.55. The zero-order valence-electron chi connectivity index (χ0n) is 17.8. The molecule has 4 heterocycles. The van der Waals surface area contributed by atoms with Gasteiger partial charge in [0.2, 0.25) is 0 Å². The fourth-order valence-electron chi connectivity index (χ4n) is 4.72. The number of nitrogens with zero attached hydrogens (tertiary/aromatic N) is 4. The highest BCUT2D eigenvalue weighted by atomic mass is 19.2. The molecule has 1 aromatic heterocycles. The molecule has 1 aromatic carbocycles. The molecule has 0 radical (unpaired) electrons. The molecule has 5 rings (SSSR count). The van der Waals surface area contributed by atoms with E-state index in [-0.39, 0.29) is 30.5 Å². The number of aliphatic imine (C=N–C) groups is 1. The fourth-order valence-corrected chi connectivity index (χ4v) is 4.72. The van der Waals surface area contributed by atoms with Gasteiger partial charge in [-0.15, -0.1) is 0 Å². The van der Waals surface area contributed by atoms with Gasteiger partial charge >= 0.3 is 6.03 Å². The summed E-state index contributed by atoms with van der Waals surface area (Å²) < 4.78 is 27.4. The van der Waals surface area contributed by atoms with E-state index in [1.807, 2.05) is 18.2 Å². The molecule has 0 bridgehead atoms. The van der Waals surface area contributed by atoms with Crippen molar-refractivity contribution in [3.63, 3.8) is 0 Å². The van der Waals surface area contributed by atoms with Crippen LogP contribution in [0.1, 0.15) is 24.1 Å². The highest BCUT2D eigenvalue weighted by Gasteiger charge is 2.40. The third-order valence-electron chi connectivity index (χ3n) is 6.51. The first kappa shape index (κ1) is 20.6. The Labute approximate surface area is 184 Å². The number of aryl methyl sites for hydroxylation is 1. The van der Waals surface area contributed by atoms with Crippen LogP contribution < -0.4 is 15.5 Å². The molecule has 0 spiro atoms. The number of carbonyl (C=O) groups is 1. The smallest absolute Gasteiger partial charge is 0.325 e. The first-order chi connectivity index (χ1) is 15.4. The van der Waals surface area contributed by atoms with Crippen molar-refractivity contribution in [1.29, 1.82) is 0 Å². The highest BCUT2D eigenvalue weighted by molar-refractivity contribution is 6.02. The second kappa shape index (κ2) is 7.98. The molecule has 0 saturated carbocycles. The van der Waals surface area contributed by atoms with Crippen molar-refractivity contribution in [3.8, 4) is 0 Å². The molecule has 3 unspecified atom stereocenters. The Hall–Kier alpha value is -3.33. The quantitative estimate of drug-likeness (QED) is 0.768. The first-order valence-corrected chi connectivity index (χ1v) is 10.6. The summed E-state index contributed by atoms with van der Waals surface area (Å²) in [6.07, 6.45) is 3.50. The number of benzene rings is 1. The number of amides is 2. The lowest BCUT2D eigenvalue weighted by Gasteiger charge is -2.30. The van der Waals surface area contributed by atoms with Crippen LogP contribution >= 0.6 is 0 Å². The van der Waals surface area contributed by atoms with E-state index in [2.05, 4.69) is 22.5 Å². The van der Waals surface area contributed by atoms with Gasteiger partial charge in [-0.25, -0.2) is 18.6 Å². The van der Waals surface area contributed by atoms with Crippen LogP contribution in [0.15, 0.2) is 53.5 Å². The lowest BCUT2D eigenvalue weighted by Crippen LogP contribution is -2.50. The zero-order valence-corrected chi connectivity index (χ0v) is 17.8. The Morgan fingerprint density at radius 1 is 1.19 bits per heavy atom. The molecule has 2 amide bonds. The molecule has 3 aliphatic heterocycles. The van der Waals surface area contributed by atoms with Crippen LogP contribution in [0.25, 0.3) is 0 Å². The Morgan fingerprint density at radius 2 is 2.00 bits per heavy atom. The number of halogens is 2. The van der Waals surface area contributed by atoms with Crippen molar-refractivity contribution in [3.05, 3.63) is 71.4 Å². The molecule has 9 heteroatoms. The molecular weight excluding hydrogens is 414 g/mol. The molecule has 7 nitrogen and oxygen atoms in total. The maximum absolute atomic E-state index is 13.8. The van der Waals surface area contributed by atoms with E-state index >= 15 is 0 Å². The lowest BCUT2D eigenvalue weighted by molar-refractivity contribution is 0.216. The molecule has 2 aromatic rings. The average Bonchev–Trinajstić information content (AvgIpc) is 3.44. The third kappa shape index (κ3) is 3.52. The minimum absolute atomic E-state index is 0.0260. The Bertz CT molecular complexity index is 1120. The van der Waals surface area contributed by atoms with Gasteiger partial charge in [-0.1, -0.05) is 13.0 Å². The van der Waals surface area contributed by atoms with E-state index in [9.17, 15) is 13.6 Å². The lowest BCUT2D eigenvalue weighted by atomic mass is 9.82. The number of fused-ring (bicyclic) bond motifs is 1. The van der Waals surface area contributed by atoms with Gasteiger partial charge in [0.25, 0.3) is 0 Å². The average molecular weight is 438 g/mol. The number of aromatic nitrogens is 1. The van der Waals surface area contributed by atoms with Crippen molar-refractivity contribution in [2.24, 2.45) is 16.8 Å². The van der Waals surface area contributed by atoms with Crippen molar-refractivity contribution < 1.29 is 13.6 Å². The second-order valence-electron chi connectivity index (χ2n) is 8.48. The van der Waals surface area contributed by atoms with Crippen LogP contribution in [0, 0.1) is 30.4 Å². The van der Waals surface area contributed by atoms with Crippen molar-refractivity contribution in [1.82, 2.24) is 20.5 Å². The number of carbonyl (C=O) groups excluding carboxylic acids is 1. The van der Waals surface area contributed by atoms with E-state index in [1.54, 1.807) is 24.2 Å². The molecule has 1 saturated heterocycles. The summed E-state index contributed by atoms with van der Waals surface area (Å²) in [5, 5.41) is 6.37. The molecule has 32 heavy (non-hydrogen) atoms. The van der Waals surface area contributed by atoms with Crippen molar-refractivity contribution in [2.75, 3.05) is 24.7 Å². The minimum atomic E-state index is -0.925. The Balaban J connectivity index is 1.43. The Morgan fingerprint density at radius 3 is 2.78 bits per heavy atom. The standard InChI is InChI=1S/C23H24F2N6O/c1-13-7-17(24)18(25)8-20(13)30-11-21-28-22(29-23(32)31(21)12-30)16-10-26-9-15(16)14(2)19-5-3-4-6-27-19/h3-8,11,14-16,26H,9-10,12H2,1-2H3,(H,28,29,32). The minimum Gasteiger partial charge on any atom is -0.325 e. The highest BCUT2D eigenvalue weighted by Crippen LogP contribution is 2.35. The van der Waals surface area contributed by atoms with Gasteiger partial charge < -0.3 is 10.2 Å². The van der Waals surface area contributed by atoms with Crippen LogP contribution in [-0.2, 0) is 0 Å². The molecule has 3 atom stereocenters. The maximum atomic E-state index is 13.8. The van der Waals surface area contributed by atoms with Gasteiger partial charge in [-0.05, 0) is 43.1 Å². The normalized spacial score (nSPS) is 23.6. The van der Waals surface area contributed by atoms with Gasteiger partial charge in [-0.2, -0.15) is 0 Å². The van der Waals surface area contributed by atoms with E-state index in [1.165, 1.54) is 4.90 Å². The number of anilines is 1.